The summed E-state index contributed by atoms with van der Waals surface area (Å²) in [6.45, 7) is 0. The molecule has 0 N–H and O–H groups in total. The molecule has 0 bridgehead atoms. The van der Waals surface area contributed by atoms with Crippen LogP contribution in [0.3, 0.4) is 0 Å². The summed E-state index contributed by atoms with van der Waals surface area (Å²) in [5, 5.41) is 0. The molecule has 5 heteroatoms. The fourth-order valence-corrected chi connectivity index (χ4v) is 2.34. The highest BCUT2D eigenvalue weighted by molar-refractivity contribution is 9.10. The Hall–Kier alpha value is -0.940. The first kappa shape index (κ1) is 9.61. The van der Waals surface area contributed by atoms with Gasteiger partial charge >= 0.3 is 5.97 Å². The van der Waals surface area contributed by atoms with Crippen molar-refractivity contribution < 1.29 is 9.53 Å². The third-order valence-corrected chi connectivity index (χ3v) is 3.24. The summed E-state index contributed by atoms with van der Waals surface area (Å²) in [5.74, 6) is -0.316. The van der Waals surface area contributed by atoms with E-state index in [-0.39, 0.29) is 5.97 Å². The van der Waals surface area contributed by atoms with Gasteiger partial charge in [-0.05, 0) is 34.1 Å². The first-order chi connectivity index (χ1) is 6.70. The Labute approximate surface area is 92.8 Å². The first-order valence-corrected chi connectivity index (χ1v) is 5.46. The van der Waals surface area contributed by atoms with Gasteiger partial charge in [-0.15, -0.1) is 11.3 Å². The van der Waals surface area contributed by atoms with E-state index in [2.05, 4.69) is 25.7 Å². The number of esters is 1. The largest absolute Gasteiger partial charge is 0.465 e. The molecule has 2 heterocycles. The highest BCUT2D eigenvalue weighted by Crippen LogP contribution is 2.25. The van der Waals surface area contributed by atoms with Crippen LogP contribution in [0.4, 0.5) is 0 Å². The van der Waals surface area contributed by atoms with Gasteiger partial charge in [0.05, 0.1) is 17.3 Å². The average molecular weight is 272 g/mol. The van der Waals surface area contributed by atoms with Crippen molar-refractivity contribution in [2.24, 2.45) is 0 Å². The highest BCUT2D eigenvalue weighted by atomic mass is 79.9. The van der Waals surface area contributed by atoms with Gasteiger partial charge in [-0.2, -0.15) is 0 Å². The second kappa shape index (κ2) is 3.67. The van der Waals surface area contributed by atoms with Crippen molar-refractivity contribution in [3.05, 3.63) is 27.7 Å². The number of aromatic nitrogens is 1. The van der Waals surface area contributed by atoms with E-state index in [0.29, 0.717) is 4.88 Å². The predicted molar refractivity (Wildman–Crippen MR) is 58.7 cm³/mol. The Morgan fingerprint density at radius 2 is 2.36 bits per heavy atom. The second-order valence-electron chi connectivity index (χ2n) is 2.62. The fraction of sp³-hybridized carbons (Fsp3) is 0.111. The molecule has 0 spiro atoms. The molecule has 0 aromatic carbocycles. The molecule has 0 unspecified atom stereocenters. The van der Waals surface area contributed by atoms with Crippen molar-refractivity contribution in [3.63, 3.8) is 0 Å². The molecule has 0 aliphatic carbocycles. The number of carbonyl (C=O) groups excluding carboxylic acids is 1. The van der Waals surface area contributed by atoms with Crippen LogP contribution in [-0.2, 0) is 4.74 Å². The van der Waals surface area contributed by atoms with Gasteiger partial charge in [-0.3, -0.25) is 0 Å². The van der Waals surface area contributed by atoms with Crippen molar-refractivity contribution in [2.75, 3.05) is 7.11 Å². The Kier molecular flexibility index (Phi) is 2.52. The molecular formula is C9H6BrNO2S. The summed E-state index contributed by atoms with van der Waals surface area (Å²) in [6, 6.07) is 5.50. The molecule has 2 aromatic heterocycles. The summed E-state index contributed by atoms with van der Waals surface area (Å²) in [7, 11) is 1.37. The molecule has 0 aliphatic rings. The first-order valence-electron chi connectivity index (χ1n) is 3.85. The summed E-state index contributed by atoms with van der Waals surface area (Å²) < 4.78 is 6.37. The predicted octanol–water partition coefficient (Wildman–Crippen LogP) is 2.85. The van der Waals surface area contributed by atoms with Gasteiger partial charge in [-0.1, -0.05) is 0 Å². The van der Waals surface area contributed by atoms with E-state index in [0.717, 1.165) is 14.8 Å². The zero-order chi connectivity index (χ0) is 10.1. The van der Waals surface area contributed by atoms with Gasteiger partial charge in [0.15, 0.2) is 0 Å². The third kappa shape index (κ3) is 1.65. The van der Waals surface area contributed by atoms with Crippen molar-refractivity contribution in [1.29, 1.82) is 0 Å². The van der Waals surface area contributed by atoms with Crippen LogP contribution in [0, 0.1) is 0 Å². The molecule has 2 rings (SSSR count). The SMILES string of the molecule is COC(=O)c1cc2nc(Br)ccc2s1. The van der Waals surface area contributed by atoms with Crippen molar-refractivity contribution in [2.45, 2.75) is 0 Å². The molecule has 0 amide bonds. The van der Waals surface area contributed by atoms with Crippen LogP contribution in [0.2, 0.25) is 0 Å². The minimum atomic E-state index is -0.316. The second-order valence-corrected chi connectivity index (χ2v) is 4.52. The zero-order valence-electron chi connectivity index (χ0n) is 7.28. The van der Waals surface area contributed by atoms with E-state index < -0.39 is 0 Å². The molecule has 0 fully saturated rings. The minimum Gasteiger partial charge on any atom is -0.465 e. The number of ether oxygens (including phenoxy) is 1. The van der Waals surface area contributed by atoms with Gasteiger partial charge in [0.2, 0.25) is 0 Å². The minimum absolute atomic E-state index is 0.316. The van der Waals surface area contributed by atoms with Crippen LogP contribution < -0.4 is 0 Å². The van der Waals surface area contributed by atoms with E-state index in [1.165, 1.54) is 18.4 Å². The lowest BCUT2D eigenvalue weighted by Crippen LogP contribution is -1.96. The summed E-state index contributed by atoms with van der Waals surface area (Å²) in [4.78, 5) is 16.0. The molecule has 2 aromatic rings. The lowest BCUT2D eigenvalue weighted by Gasteiger charge is -1.90. The maximum Gasteiger partial charge on any atom is 0.348 e. The Morgan fingerprint density at radius 1 is 1.57 bits per heavy atom. The molecule has 0 atom stereocenters. The number of pyridine rings is 1. The standard InChI is InChI=1S/C9H6BrNO2S/c1-13-9(12)7-4-5-6(14-7)2-3-8(10)11-5/h2-4H,1H3. The number of thiophene rings is 1. The van der Waals surface area contributed by atoms with E-state index >= 15 is 0 Å². The maximum atomic E-state index is 11.2. The van der Waals surface area contributed by atoms with Crippen LogP contribution in [0.25, 0.3) is 10.2 Å². The van der Waals surface area contributed by atoms with Gasteiger partial charge in [0, 0.05) is 0 Å². The summed E-state index contributed by atoms with van der Waals surface area (Å²) in [5.41, 5.74) is 0.810. The number of hydrogen-bond acceptors (Lipinski definition) is 4. The van der Waals surface area contributed by atoms with Gasteiger partial charge < -0.3 is 4.74 Å². The number of halogens is 1. The van der Waals surface area contributed by atoms with Crippen molar-refractivity contribution in [1.82, 2.24) is 4.98 Å². The van der Waals surface area contributed by atoms with E-state index in [4.69, 9.17) is 0 Å². The molecule has 72 valence electrons. The van der Waals surface area contributed by atoms with Crippen molar-refractivity contribution in [3.8, 4) is 0 Å². The van der Waals surface area contributed by atoms with Gasteiger partial charge in [-0.25, -0.2) is 9.78 Å². The molecule has 14 heavy (non-hydrogen) atoms. The number of nitrogens with zero attached hydrogens (tertiary/aromatic N) is 1. The number of hydrogen-bond donors (Lipinski definition) is 0. The van der Waals surface area contributed by atoms with Crippen LogP contribution in [0.5, 0.6) is 0 Å². The van der Waals surface area contributed by atoms with Crippen LogP contribution in [0.1, 0.15) is 9.67 Å². The Balaban J connectivity index is 2.56. The van der Waals surface area contributed by atoms with E-state index in [9.17, 15) is 4.79 Å². The lowest BCUT2D eigenvalue weighted by molar-refractivity contribution is 0.0606. The highest BCUT2D eigenvalue weighted by Gasteiger charge is 2.10. The number of carbonyl (C=O) groups is 1. The fourth-order valence-electron chi connectivity index (χ4n) is 1.10. The van der Waals surface area contributed by atoms with Crippen LogP contribution in [0.15, 0.2) is 22.8 Å². The molecule has 3 nitrogen and oxygen atoms in total. The van der Waals surface area contributed by atoms with E-state index in [1.54, 1.807) is 6.07 Å². The number of methoxy groups -OCH3 is 1. The number of rotatable bonds is 1. The maximum absolute atomic E-state index is 11.2. The van der Waals surface area contributed by atoms with Crippen molar-refractivity contribution >= 4 is 43.5 Å². The Bertz CT molecular complexity index is 495. The monoisotopic (exact) mass is 271 g/mol. The summed E-state index contributed by atoms with van der Waals surface area (Å²) in [6.07, 6.45) is 0. The number of fused-ring (bicyclic) bond motifs is 1. The van der Waals surface area contributed by atoms with Crippen LogP contribution >= 0.6 is 27.3 Å². The van der Waals surface area contributed by atoms with Crippen LogP contribution in [-0.4, -0.2) is 18.1 Å². The van der Waals surface area contributed by atoms with E-state index in [1.807, 2.05) is 12.1 Å². The summed E-state index contributed by atoms with van der Waals surface area (Å²) >= 11 is 4.65. The lowest BCUT2D eigenvalue weighted by atomic mass is 10.4. The average Bonchev–Trinajstić information content (AvgIpc) is 2.59. The molecule has 0 aliphatic heterocycles. The normalized spacial score (nSPS) is 10.4. The topological polar surface area (TPSA) is 39.2 Å². The van der Waals surface area contributed by atoms with Gasteiger partial charge in [0.1, 0.15) is 9.48 Å². The molecular weight excluding hydrogens is 266 g/mol. The molecule has 0 radical (unpaired) electrons. The smallest absolute Gasteiger partial charge is 0.348 e. The quantitative estimate of drug-likeness (QED) is 0.592. The molecule has 0 saturated carbocycles. The van der Waals surface area contributed by atoms with Gasteiger partial charge in [0.25, 0.3) is 0 Å². The Morgan fingerprint density at radius 3 is 3.07 bits per heavy atom. The third-order valence-electron chi connectivity index (χ3n) is 1.73. The zero-order valence-corrected chi connectivity index (χ0v) is 9.68. The molecule has 0 saturated heterocycles.